The third-order valence-electron chi connectivity index (χ3n) is 3.98. The van der Waals surface area contributed by atoms with Gasteiger partial charge in [-0.3, -0.25) is 4.79 Å². The Labute approximate surface area is 126 Å². The first-order valence-corrected chi connectivity index (χ1v) is 7.56. The van der Waals surface area contributed by atoms with Crippen LogP contribution >= 0.6 is 0 Å². The molecule has 3 unspecified atom stereocenters. The molecule has 3 atom stereocenters. The minimum Gasteiger partial charge on any atom is -0.486 e. The SMILES string of the molecule is CCC(C)c1ccccc1OC1CC(=O)C1OCCOC. The first kappa shape index (κ1) is 16.0. The number of ether oxygens (including phenoxy) is 3. The number of hydrogen-bond donors (Lipinski definition) is 0. The normalized spacial score (nSPS) is 22.7. The van der Waals surface area contributed by atoms with Crippen molar-refractivity contribution in [3.63, 3.8) is 0 Å². The number of benzene rings is 1. The fourth-order valence-electron chi connectivity index (χ4n) is 2.41. The van der Waals surface area contributed by atoms with Crippen molar-refractivity contribution in [2.24, 2.45) is 0 Å². The molecule has 4 heteroatoms. The lowest BCUT2D eigenvalue weighted by atomic mass is 9.89. The molecular weight excluding hydrogens is 268 g/mol. The van der Waals surface area contributed by atoms with Crippen LogP contribution in [0.25, 0.3) is 0 Å². The molecule has 0 saturated heterocycles. The van der Waals surface area contributed by atoms with Gasteiger partial charge in [0.15, 0.2) is 11.9 Å². The first-order valence-electron chi connectivity index (χ1n) is 7.56. The fourth-order valence-corrected chi connectivity index (χ4v) is 2.41. The smallest absolute Gasteiger partial charge is 0.169 e. The predicted octanol–water partition coefficient (Wildman–Crippen LogP) is 2.95. The number of para-hydroxylation sites is 1. The van der Waals surface area contributed by atoms with Gasteiger partial charge >= 0.3 is 0 Å². The molecule has 4 nitrogen and oxygen atoms in total. The number of Topliss-reactive ketones (excluding diaryl/α,β-unsaturated/α-hetero) is 1. The Hall–Kier alpha value is -1.39. The Morgan fingerprint density at radius 3 is 2.71 bits per heavy atom. The second-order valence-corrected chi connectivity index (χ2v) is 5.46. The van der Waals surface area contributed by atoms with Gasteiger partial charge in [-0.1, -0.05) is 32.0 Å². The van der Waals surface area contributed by atoms with Crippen molar-refractivity contribution in [1.29, 1.82) is 0 Å². The summed E-state index contributed by atoms with van der Waals surface area (Å²) in [5, 5.41) is 0. The van der Waals surface area contributed by atoms with Gasteiger partial charge in [-0.05, 0) is 24.0 Å². The number of ketones is 1. The Balaban J connectivity index is 2.00. The zero-order valence-electron chi connectivity index (χ0n) is 13.0. The van der Waals surface area contributed by atoms with Gasteiger partial charge in [0.2, 0.25) is 0 Å². The lowest BCUT2D eigenvalue weighted by Crippen LogP contribution is -2.52. The summed E-state index contributed by atoms with van der Waals surface area (Å²) < 4.78 is 16.5. The standard InChI is InChI=1S/C17H24O4/c1-4-12(2)13-7-5-6-8-15(13)21-16-11-14(18)17(16)20-10-9-19-3/h5-8,12,16-17H,4,9-11H2,1-3H3. The first-order chi connectivity index (χ1) is 10.2. The van der Waals surface area contributed by atoms with Gasteiger partial charge < -0.3 is 14.2 Å². The molecule has 0 aromatic heterocycles. The summed E-state index contributed by atoms with van der Waals surface area (Å²) in [4.78, 5) is 11.7. The molecule has 1 aromatic carbocycles. The monoisotopic (exact) mass is 292 g/mol. The minimum atomic E-state index is -0.454. The highest BCUT2D eigenvalue weighted by Crippen LogP contribution is 2.32. The van der Waals surface area contributed by atoms with E-state index in [2.05, 4.69) is 19.9 Å². The lowest BCUT2D eigenvalue weighted by Gasteiger charge is -2.35. The molecule has 1 aliphatic rings. The van der Waals surface area contributed by atoms with E-state index in [-0.39, 0.29) is 11.9 Å². The Bertz CT molecular complexity index is 472. The molecule has 1 saturated carbocycles. The number of carbonyl (C=O) groups excluding carboxylic acids is 1. The number of methoxy groups -OCH3 is 1. The lowest BCUT2D eigenvalue weighted by molar-refractivity contribution is -0.156. The number of carbonyl (C=O) groups is 1. The van der Waals surface area contributed by atoms with Crippen molar-refractivity contribution in [2.45, 2.75) is 44.8 Å². The Morgan fingerprint density at radius 1 is 1.29 bits per heavy atom. The number of rotatable bonds is 8. The van der Waals surface area contributed by atoms with Crippen LogP contribution in [0, 0.1) is 0 Å². The maximum absolute atomic E-state index is 11.7. The maximum Gasteiger partial charge on any atom is 0.169 e. The van der Waals surface area contributed by atoms with Crippen molar-refractivity contribution in [3.8, 4) is 5.75 Å². The molecule has 1 aromatic rings. The Morgan fingerprint density at radius 2 is 2.05 bits per heavy atom. The summed E-state index contributed by atoms with van der Waals surface area (Å²) in [6.07, 6.45) is 0.842. The van der Waals surface area contributed by atoms with Crippen molar-refractivity contribution < 1.29 is 19.0 Å². The van der Waals surface area contributed by atoms with Crippen LogP contribution in [0.4, 0.5) is 0 Å². The topological polar surface area (TPSA) is 44.8 Å². The van der Waals surface area contributed by atoms with Crippen molar-refractivity contribution in [2.75, 3.05) is 20.3 Å². The Kier molecular flexibility index (Phi) is 5.76. The van der Waals surface area contributed by atoms with Gasteiger partial charge in [-0.2, -0.15) is 0 Å². The van der Waals surface area contributed by atoms with Crippen LogP contribution in [0.15, 0.2) is 24.3 Å². The summed E-state index contributed by atoms with van der Waals surface area (Å²) in [7, 11) is 1.61. The quantitative estimate of drug-likeness (QED) is 0.691. The molecule has 21 heavy (non-hydrogen) atoms. The second-order valence-electron chi connectivity index (χ2n) is 5.46. The van der Waals surface area contributed by atoms with E-state index in [9.17, 15) is 4.79 Å². The highest BCUT2D eigenvalue weighted by Gasteiger charge is 2.43. The van der Waals surface area contributed by atoms with Crippen molar-refractivity contribution >= 4 is 5.78 Å². The zero-order valence-corrected chi connectivity index (χ0v) is 13.0. The van der Waals surface area contributed by atoms with Crippen molar-refractivity contribution in [1.82, 2.24) is 0 Å². The van der Waals surface area contributed by atoms with Crippen molar-refractivity contribution in [3.05, 3.63) is 29.8 Å². The maximum atomic E-state index is 11.7. The van der Waals surface area contributed by atoms with Gasteiger partial charge in [0, 0.05) is 13.5 Å². The summed E-state index contributed by atoms with van der Waals surface area (Å²) in [5.41, 5.74) is 1.19. The van der Waals surface area contributed by atoms with Gasteiger partial charge in [0.1, 0.15) is 11.9 Å². The van der Waals surface area contributed by atoms with Crippen LogP contribution in [0.2, 0.25) is 0 Å². The highest BCUT2D eigenvalue weighted by atomic mass is 16.6. The molecule has 0 aliphatic heterocycles. The van der Waals surface area contributed by atoms with E-state index in [0.29, 0.717) is 25.6 Å². The molecule has 0 amide bonds. The van der Waals surface area contributed by atoms with Crippen LogP contribution in [0.3, 0.4) is 0 Å². The fraction of sp³-hybridized carbons (Fsp3) is 0.588. The largest absolute Gasteiger partial charge is 0.486 e. The van der Waals surface area contributed by atoms with Crippen LogP contribution in [-0.2, 0) is 14.3 Å². The molecule has 1 fully saturated rings. The van der Waals surface area contributed by atoms with Gasteiger partial charge in [0.25, 0.3) is 0 Å². The third kappa shape index (κ3) is 3.83. The molecular formula is C17H24O4. The molecule has 2 rings (SSSR count). The van der Waals surface area contributed by atoms with E-state index in [4.69, 9.17) is 14.2 Å². The van der Waals surface area contributed by atoms with E-state index >= 15 is 0 Å². The summed E-state index contributed by atoms with van der Waals surface area (Å²) in [5.74, 6) is 1.41. The van der Waals surface area contributed by atoms with Crippen LogP contribution in [0.5, 0.6) is 5.75 Å². The second kappa shape index (κ2) is 7.57. The van der Waals surface area contributed by atoms with E-state index in [1.54, 1.807) is 7.11 Å². The van der Waals surface area contributed by atoms with E-state index in [0.717, 1.165) is 12.2 Å². The average Bonchev–Trinajstić information content (AvgIpc) is 2.50. The van der Waals surface area contributed by atoms with Gasteiger partial charge in [0.05, 0.1) is 13.2 Å². The van der Waals surface area contributed by atoms with Gasteiger partial charge in [-0.25, -0.2) is 0 Å². The molecule has 0 N–H and O–H groups in total. The summed E-state index contributed by atoms with van der Waals surface area (Å²) in [6, 6.07) is 8.04. The van der Waals surface area contributed by atoms with Crippen LogP contribution in [-0.4, -0.2) is 38.3 Å². The molecule has 116 valence electrons. The average molecular weight is 292 g/mol. The molecule has 0 heterocycles. The summed E-state index contributed by atoms with van der Waals surface area (Å²) >= 11 is 0. The van der Waals surface area contributed by atoms with Crippen LogP contribution < -0.4 is 4.74 Å². The molecule has 1 aliphatic carbocycles. The van der Waals surface area contributed by atoms with E-state index in [1.165, 1.54) is 5.56 Å². The van der Waals surface area contributed by atoms with Crippen LogP contribution in [0.1, 0.15) is 38.2 Å². The third-order valence-corrected chi connectivity index (χ3v) is 3.98. The molecule has 0 radical (unpaired) electrons. The predicted molar refractivity (Wildman–Crippen MR) is 80.8 cm³/mol. The van der Waals surface area contributed by atoms with Gasteiger partial charge in [-0.15, -0.1) is 0 Å². The molecule has 0 bridgehead atoms. The zero-order chi connectivity index (χ0) is 15.2. The number of hydrogen-bond acceptors (Lipinski definition) is 4. The minimum absolute atomic E-state index is 0.108. The van der Waals surface area contributed by atoms with E-state index < -0.39 is 6.10 Å². The summed E-state index contributed by atoms with van der Waals surface area (Å²) in [6.45, 7) is 5.24. The molecule has 0 spiro atoms. The van der Waals surface area contributed by atoms with E-state index in [1.807, 2.05) is 18.2 Å². The highest BCUT2D eigenvalue weighted by molar-refractivity contribution is 5.90.